The number of likely N-dealkylation sites (tertiary alicyclic amines) is 1. The van der Waals surface area contributed by atoms with Crippen LogP contribution >= 0.6 is 34.4 Å². The zero-order valence-electron chi connectivity index (χ0n) is 17.7. The van der Waals surface area contributed by atoms with Gasteiger partial charge in [-0.15, -0.1) is 21.5 Å². The normalized spacial score (nSPS) is 14.6. The zero-order valence-corrected chi connectivity index (χ0v) is 20.2. The van der Waals surface area contributed by atoms with Crippen molar-refractivity contribution >= 4 is 55.7 Å². The van der Waals surface area contributed by atoms with Gasteiger partial charge >= 0.3 is 0 Å². The second kappa shape index (κ2) is 10.1. The SMILES string of the molecule is O=C(CSc1nnc(NCc2ccc(F)cc2)s1)N1CCC(c2nc3ccccc3s2)CC1. The molecule has 33 heavy (non-hydrogen) atoms. The number of anilines is 1. The van der Waals surface area contributed by atoms with E-state index in [0.717, 1.165) is 41.4 Å². The number of carbonyl (C=O) groups excluding carboxylic acids is 1. The number of aromatic nitrogens is 3. The van der Waals surface area contributed by atoms with Crippen molar-refractivity contribution < 1.29 is 9.18 Å². The Morgan fingerprint density at radius 3 is 2.67 bits per heavy atom. The van der Waals surface area contributed by atoms with E-state index in [9.17, 15) is 9.18 Å². The minimum Gasteiger partial charge on any atom is -0.356 e. The number of piperidine rings is 1. The van der Waals surface area contributed by atoms with Gasteiger partial charge in [0, 0.05) is 25.6 Å². The smallest absolute Gasteiger partial charge is 0.233 e. The lowest BCUT2D eigenvalue weighted by molar-refractivity contribution is -0.129. The maximum atomic E-state index is 13.0. The van der Waals surface area contributed by atoms with Crippen molar-refractivity contribution in [3.63, 3.8) is 0 Å². The van der Waals surface area contributed by atoms with E-state index >= 15 is 0 Å². The van der Waals surface area contributed by atoms with Crippen molar-refractivity contribution in [2.75, 3.05) is 24.2 Å². The largest absolute Gasteiger partial charge is 0.356 e. The third kappa shape index (κ3) is 5.51. The molecule has 4 aromatic rings. The third-order valence-electron chi connectivity index (χ3n) is 5.59. The maximum absolute atomic E-state index is 13.0. The van der Waals surface area contributed by atoms with Crippen LogP contribution in [0, 0.1) is 5.82 Å². The van der Waals surface area contributed by atoms with Gasteiger partial charge in [-0.1, -0.05) is 47.4 Å². The molecule has 0 radical (unpaired) electrons. The van der Waals surface area contributed by atoms with Crippen LogP contribution < -0.4 is 5.32 Å². The number of amides is 1. The van der Waals surface area contributed by atoms with E-state index in [1.54, 1.807) is 23.5 Å². The van der Waals surface area contributed by atoms with Crippen molar-refractivity contribution in [3.05, 3.63) is 64.9 Å². The first kappa shape index (κ1) is 22.2. The number of benzene rings is 2. The van der Waals surface area contributed by atoms with Crippen LogP contribution in [0.1, 0.15) is 29.3 Å². The molecule has 170 valence electrons. The molecule has 2 aromatic heterocycles. The van der Waals surface area contributed by atoms with Gasteiger partial charge in [0.25, 0.3) is 0 Å². The van der Waals surface area contributed by atoms with E-state index in [2.05, 4.69) is 27.6 Å². The Morgan fingerprint density at radius 2 is 1.88 bits per heavy atom. The Balaban J connectivity index is 1.07. The average Bonchev–Trinajstić information content (AvgIpc) is 3.49. The number of fused-ring (bicyclic) bond motifs is 1. The minimum atomic E-state index is -0.251. The van der Waals surface area contributed by atoms with E-state index in [1.165, 1.54) is 44.9 Å². The van der Waals surface area contributed by atoms with Gasteiger partial charge in [-0.3, -0.25) is 4.79 Å². The Morgan fingerprint density at radius 1 is 1.09 bits per heavy atom. The van der Waals surface area contributed by atoms with Gasteiger partial charge in [-0.2, -0.15) is 0 Å². The lowest BCUT2D eigenvalue weighted by Crippen LogP contribution is -2.38. The number of nitrogens with zero attached hydrogens (tertiary/aromatic N) is 4. The third-order valence-corrected chi connectivity index (χ3v) is 8.79. The first-order valence-electron chi connectivity index (χ1n) is 10.7. The molecule has 0 saturated carbocycles. The molecule has 1 N–H and O–H groups in total. The summed E-state index contributed by atoms with van der Waals surface area (Å²) in [6, 6.07) is 14.6. The van der Waals surface area contributed by atoms with E-state index < -0.39 is 0 Å². The number of hydrogen-bond acceptors (Lipinski definition) is 8. The van der Waals surface area contributed by atoms with Crippen molar-refractivity contribution in [1.82, 2.24) is 20.1 Å². The molecule has 1 saturated heterocycles. The molecule has 0 atom stereocenters. The van der Waals surface area contributed by atoms with Gasteiger partial charge in [0.2, 0.25) is 11.0 Å². The van der Waals surface area contributed by atoms with Gasteiger partial charge in [0.05, 0.1) is 21.0 Å². The minimum absolute atomic E-state index is 0.138. The molecule has 3 heterocycles. The van der Waals surface area contributed by atoms with E-state index in [1.807, 2.05) is 17.0 Å². The first-order valence-corrected chi connectivity index (χ1v) is 13.3. The van der Waals surface area contributed by atoms with Crippen LogP contribution in [0.25, 0.3) is 10.2 Å². The lowest BCUT2D eigenvalue weighted by Gasteiger charge is -2.31. The number of thioether (sulfide) groups is 1. The van der Waals surface area contributed by atoms with E-state index in [-0.39, 0.29) is 11.7 Å². The molecule has 2 aromatic carbocycles. The molecular formula is C23H22FN5OS3. The fourth-order valence-corrected chi connectivity index (χ4v) is 6.56. The highest BCUT2D eigenvalue weighted by molar-refractivity contribution is 8.01. The van der Waals surface area contributed by atoms with Gasteiger partial charge in [-0.25, -0.2) is 9.37 Å². The summed E-state index contributed by atoms with van der Waals surface area (Å²) in [5.41, 5.74) is 2.03. The summed E-state index contributed by atoms with van der Waals surface area (Å²) in [7, 11) is 0. The predicted octanol–water partition coefficient (Wildman–Crippen LogP) is 5.40. The summed E-state index contributed by atoms with van der Waals surface area (Å²) in [6.07, 6.45) is 1.90. The first-order chi connectivity index (χ1) is 16.1. The van der Waals surface area contributed by atoms with Crippen LogP contribution in [-0.4, -0.2) is 44.8 Å². The molecule has 1 amide bonds. The van der Waals surface area contributed by atoms with Gasteiger partial charge in [0.1, 0.15) is 5.82 Å². The van der Waals surface area contributed by atoms with Gasteiger partial charge in [0.15, 0.2) is 4.34 Å². The van der Waals surface area contributed by atoms with Gasteiger partial charge < -0.3 is 10.2 Å². The molecular weight excluding hydrogens is 477 g/mol. The van der Waals surface area contributed by atoms with Crippen LogP contribution in [0.2, 0.25) is 0 Å². The van der Waals surface area contributed by atoms with Crippen molar-refractivity contribution in [3.8, 4) is 0 Å². The quantitative estimate of drug-likeness (QED) is 0.344. The summed E-state index contributed by atoms with van der Waals surface area (Å²) >= 11 is 4.61. The van der Waals surface area contributed by atoms with Crippen LogP contribution in [-0.2, 0) is 11.3 Å². The molecule has 6 nitrogen and oxygen atoms in total. The number of para-hydroxylation sites is 1. The fourth-order valence-electron chi connectivity index (χ4n) is 3.77. The molecule has 1 aliphatic rings. The van der Waals surface area contributed by atoms with Crippen molar-refractivity contribution in [1.29, 1.82) is 0 Å². The molecule has 1 aliphatic heterocycles. The van der Waals surface area contributed by atoms with E-state index in [0.29, 0.717) is 23.3 Å². The van der Waals surface area contributed by atoms with Crippen molar-refractivity contribution in [2.24, 2.45) is 0 Å². The summed E-state index contributed by atoms with van der Waals surface area (Å²) < 4.78 is 15.0. The van der Waals surface area contributed by atoms with Crippen LogP contribution in [0.3, 0.4) is 0 Å². The second-order valence-corrected chi connectivity index (χ2v) is 11.1. The highest BCUT2D eigenvalue weighted by atomic mass is 32.2. The molecule has 0 unspecified atom stereocenters. The summed E-state index contributed by atoms with van der Waals surface area (Å²) in [4.78, 5) is 19.5. The highest BCUT2D eigenvalue weighted by Crippen LogP contribution is 2.34. The monoisotopic (exact) mass is 499 g/mol. The second-order valence-electron chi connectivity index (χ2n) is 7.82. The molecule has 0 aliphatic carbocycles. The molecule has 1 fully saturated rings. The summed E-state index contributed by atoms with van der Waals surface area (Å²) in [5, 5.41) is 13.4. The lowest BCUT2D eigenvalue weighted by atomic mass is 9.97. The predicted molar refractivity (Wildman–Crippen MR) is 133 cm³/mol. The number of hydrogen-bond donors (Lipinski definition) is 1. The number of rotatable bonds is 7. The summed E-state index contributed by atoms with van der Waals surface area (Å²) in [6.45, 7) is 2.07. The molecule has 10 heteroatoms. The zero-order chi connectivity index (χ0) is 22.6. The Labute approximate surface area is 203 Å². The van der Waals surface area contributed by atoms with Crippen LogP contribution in [0.5, 0.6) is 0 Å². The van der Waals surface area contributed by atoms with Crippen molar-refractivity contribution in [2.45, 2.75) is 29.6 Å². The van der Waals surface area contributed by atoms with Crippen LogP contribution in [0.4, 0.5) is 9.52 Å². The Hall–Kier alpha value is -2.56. The highest BCUT2D eigenvalue weighted by Gasteiger charge is 2.26. The van der Waals surface area contributed by atoms with E-state index in [4.69, 9.17) is 4.98 Å². The number of thiazole rings is 1. The number of carbonyl (C=O) groups is 1. The average molecular weight is 500 g/mol. The standard InChI is InChI=1S/C23H22FN5OS3/c24-17-7-5-15(6-8-17)13-25-22-27-28-23(33-22)31-14-20(30)29-11-9-16(10-12-29)21-26-18-3-1-2-4-19(18)32-21/h1-8,16H,9-14H2,(H,25,27). The Kier molecular flexibility index (Phi) is 6.84. The Bertz CT molecular complexity index is 1200. The number of halogens is 1. The molecule has 0 bridgehead atoms. The number of nitrogens with one attached hydrogen (secondary N) is 1. The summed E-state index contributed by atoms with van der Waals surface area (Å²) in [5.74, 6) is 0.674. The molecule has 5 rings (SSSR count). The van der Waals surface area contributed by atoms with Gasteiger partial charge in [-0.05, 0) is 42.7 Å². The fraction of sp³-hybridized carbons (Fsp3) is 0.304. The topological polar surface area (TPSA) is 71.0 Å². The van der Waals surface area contributed by atoms with Crippen LogP contribution in [0.15, 0.2) is 52.9 Å². The molecule has 0 spiro atoms. The maximum Gasteiger partial charge on any atom is 0.233 e.